The third kappa shape index (κ3) is 4.42. The molecule has 0 saturated carbocycles. The maximum absolute atomic E-state index is 12.3. The summed E-state index contributed by atoms with van der Waals surface area (Å²) in [6.45, 7) is 1.19. The Morgan fingerprint density at radius 2 is 2.16 bits per heavy atom. The van der Waals surface area contributed by atoms with Gasteiger partial charge in [-0.1, -0.05) is 6.07 Å². The Balaban J connectivity index is 2.85. The second kappa shape index (κ2) is 7.86. The molecule has 0 atom stereocenters. The van der Waals surface area contributed by atoms with Crippen molar-refractivity contribution in [3.8, 4) is 12.1 Å². The summed E-state index contributed by atoms with van der Waals surface area (Å²) >= 11 is 0. The van der Waals surface area contributed by atoms with E-state index in [9.17, 15) is 4.79 Å². The predicted octanol–water partition coefficient (Wildman–Crippen LogP) is 1.56. The van der Waals surface area contributed by atoms with Crippen LogP contribution in [0.2, 0.25) is 0 Å². The van der Waals surface area contributed by atoms with Gasteiger partial charge in [-0.25, -0.2) is 0 Å². The number of carbonyl (C=O) groups excluding carboxylic acids is 1. The third-order valence-electron chi connectivity index (χ3n) is 2.58. The lowest BCUT2D eigenvalue weighted by atomic mass is 10.1. The maximum atomic E-state index is 12.3. The van der Waals surface area contributed by atoms with Crippen molar-refractivity contribution in [2.24, 2.45) is 0 Å². The summed E-state index contributed by atoms with van der Waals surface area (Å²) in [5, 5.41) is 17.4. The van der Waals surface area contributed by atoms with E-state index in [0.717, 1.165) is 0 Å². The first-order chi connectivity index (χ1) is 9.22. The van der Waals surface area contributed by atoms with Gasteiger partial charge in [-0.05, 0) is 18.2 Å². The quantitative estimate of drug-likeness (QED) is 0.774. The molecule has 0 aromatic heterocycles. The van der Waals surface area contributed by atoms with Crippen LogP contribution in [0, 0.1) is 22.7 Å². The van der Waals surface area contributed by atoms with Crippen molar-refractivity contribution in [3.05, 3.63) is 35.4 Å². The van der Waals surface area contributed by atoms with Crippen LogP contribution in [0.15, 0.2) is 24.3 Å². The van der Waals surface area contributed by atoms with Gasteiger partial charge >= 0.3 is 0 Å². The molecule has 19 heavy (non-hydrogen) atoms. The average molecular weight is 257 g/mol. The van der Waals surface area contributed by atoms with Crippen LogP contribution in [0.3, 0.4) is 0 Å². The van der Waals surface area contributed by atoms with Crippen LogP contribution >= 0.6 is 0 Å². The van der Waals surface area contributed by atoms with Gasteiger partial charge in [0, 0.05) is 25.8 Å². The molecule has 0 spiro atoms. The standard InChI is InChI=1S/C14H15N3O2/c1-19-9-8-17(7-3-6-15)14(18)13-5-2-4-12(10-13)11-16/h2,4-5,10H,3,7-9H2,1H3. The first-order valence-electron chi connectivity index (χ1n) is 5.88. The van der Waals surface area contributed by atoms with Gasteiger partial charge in [0.05, 0.1) is 30.7 Å². The zero-order chi connectivity index (χ0) is 14.1. The van der Waals surface area contributed by atoms with E-state index in [-0.39, 0.29) is 12.3 Å². The van der Waals surface area contributed by atoms with Crippen LogP contribution in [0.5, 0.6) is 0 Å². The predicted molar refractivity (Wildman–Crippen MR) is 69.2 cm³/mol. The molecule has 1 amide bonds. The van der Waals surface area contributed by atoms with Crippen LogP contribution in [-0.4, -0.2) is 37.6 Å². The molecule has 1 aromatic carbocycles. The van der Waals surface area contributed by atoms with Gasteiger partial charge in [0.2, 0.25) is 0 Å². The highest BCUT2D eigenvalue weighted by Gasteiger charge is 2.15. The van der Waals surface area contributed by atoms with Crippen LogP contribution < -0.4 is 0 Å². The van der Waals surface area contributed by atoms with Crippen molar-refractivity contribution in [2.45, 2.75) is 6.42 Å². The lowest BCUT2D eigenvalue weighted by molar-refractivity contribution is 0.0700. The van der Waals surface area contributed by atoms with Gasteiger partial charge in [0.25, 0.3) is 5.91 Å². The second-order valence-electron chi connectivity index (χ2n) is 3.89. The summed E-state index contributed by atoms with van der Waals surface area (Å²) < 4.78 is 4.95. The fourth-order valence-electron chi connectivity index (χ4n) is 1.61. The van der Waals surface area contributed by atoms with Gasteiger partial charge in [0.1, 0.15) is 0 Å². The molecular formula is C14H15N3O2. The Hall–Kier alpha value is -2.37. The van der Waals surface area contributed by atoms with Crippen LogP contribution in [0.1, 0.15) is 22.3 Å². The summed E-state index contributed by atoms with van der Waals surface area (Å²) in [6.07, 6.45) is 0.271. The molecule has 0 aliphatic rings. The molecule has 0 heterocycles. The summed E-state index contributed by atoms with van der Waals surface area (Å²) in [4.78, 5) is 13.8. The lowest BCUT2D eigenvalue weighted by Crippen LogP contribution is -2.34. The molecule has 98 valence electrons. The summed E-state index contributed by atoms with van der Waals surface area (Å²) in [5.41, 5.74) is 0.894. The van der Waals surface area contributed by atoms with Crippen LogP contribution in [0.25, 0.3) is 0 Å². The van der Waals surface area contributed by atoms with Gasteiger partial charge in [0.15, 0.2) is 0 Å². The smallest absolute Gasteiger partial charge is 0.254 e. The Morgan fingerprint density at radius 1 is 1.37 bits per heavy atom. The molecule has 0 fully saturated rings. The van der Waals surface area contributed by atoms with E-state index in [1.54, 1.807) is 36.3 Å². The molecule has 0 bridgehead atoms. The highest BCUT2D eigenvalue weighted by molar-refractivity contribution is 5.94. The molecule has 0 aliphatic heterocycles. The van der Waals surface area contributed by atoms with Crippen molar-refractivity contribution in [1.29, 1.82) is 10.5 Å². The number of hydrogen-bond donors (Lipinski definition) is 0. The topological polar surface area (TPSA) is 77.1 Å². The maximum Gasteiger partial charge on any atom is 0.254 e. The third-order valence-corrected chi connectivity index (χ3v) is 2.58. The highest BCUT2D eigenvalue weighted by atomic mass is 16.5. The molecule has 0 saturated heterocycles. The lowest BCUT2D eigenvalue weighted by Gasteiger charge is -2.21. The van der Waals surface area contributed by atoms with Gasteiger partial charge in [-0.15, -0.1) is 0 Å². The molecule has 5 nitrogen and oxygen atoms in total. The molecular weight excluding hydrogens is 242 g/mol. The summed E-state index contributed by atoms with van der Waals surface area (Å²) in [5.74, 6) is -0.190. The molecule has 0 radical (unpaired) electrons. The van der Waals surface area contributed by atoms with E-state index in [0.29, 0.717) is 30.8 Å². The zero-order valence-corrected chi connectivity index (χ0v) is 10.8. The molecule has 1 rings (SSSR count). The minimum absolute atomic E-state index is 0.190. The van der Waals surface area contributed by atoms with Crippen molar-refractivity contribution in [2.75, 3.05) is 26.8 Å². The van der Waals surface area contributed by atoms with E-state index < -0.39 is 0 Å². The number of methoxy groups -OCH3 is 1. The van der Waals surface area contributed by atoms with Gasteiger partial charge < -0.3 is 9.64 Å². The number of rotatable bonds is 6. The highest BCUT2D eigenvalue weighted by Crippen LogP contribution is 2.08. The first kappa shape index (κ1) is 14.7. The number of nitrogens with zero attached hydrogens (tertiary/aromatic N) is 3. The molecule has 0 unspecified atom stereocenters. The Morgan fingerprint density at radius 3 is 2.79 bits per heavy atom. The Labute approximate surface area is 112 Å². The minimum atomic E-state index is -0.190. The molecule has 5 heteroatoms. The number of amides is 1. The van der Waals surface area contributed by atoms with Crippen molar-refractivity contribution >= 4 is 5.91 Å². The average Bonchev–Trinajstić information content (AvgIpc) is 2.47. The number of ether oxygens (including phenoxy) is 1. The van der Waals surface area contributed by atoms with Crippen LogP contribution in [0.4, 0.5) is 0 Å². The van der Waals surface area contributed by atoms with E-state index in [4.69, 9.17) is 15.3 Å². The monoisotopic (exact) mass is 257 g/mol. The van der Waals surface area contributed by atoms with Crippen molar-refractivity contribution < 1.29 is 9.53 Å². The fourth-order valence-corrected chi connectivity index (χ4v) is 1.61. The number of carbonyl (C=O) groups is 1. The van der Waals surface area contributed by atoms with E-state index in [1.807, 2.05) is 12.1 Å². The van der Waals surface area contributed by atoms with E-state index in [1.165, 1.54) is 0 Å². The normalized spacial score (nSPS) is 9.42. The zero-order valence-electron chi connectivity index (χ0n) is 10.8. The summed E-state index contributed by atoms with van der Waals surface area (Å²) in [7, 11) is 1.56. The summed E-state index contributed by atoms with van der Waals surface area (Å²) in [6, 6.07) is 10.5. The van der Waals surface area contributed by atoms with Crippen LogP contribution in [-0.2, 0) is 4.74 Å². The second-order valence-corrected chi connectivity index (χ2v) is 3.89. The molecule has 0 N–H and O–H groups in total. The Bertz CT molecular complexity index is 514. The van der Waals surface area contributed by atoms with E-state index >= 15 is 0 Å². The number of benzene rings is 1. The SMILES string of the molecule is COCCN(CCC#N)C(=O)c1cccc(C#N)c1. The van der Waals surface area contributed by atoms with E-state index in [2.05, 4.69) is 0 Å². The van der Waals surface area contributed by atoms with Gasteiger partial charge in [-0.3, -0.25) is 4.79 Å². The fraction of sp³-hybridized carbons (Fsp3) is 0.357. The first-order valence-corrected chi connectivity index (χ1v) is 5.88. The number of hydrogen-bond acceptors (Lipinski definition) is 4. The Kier molecular flexibility index (Phi) is 6.08. The molecule has 1 aromatic rings. The molecule has 0 aliphatic carbocycles. The minimum Gasteiger partial charge on any atom is -0.383 e. The van der Waals surface area contributed by atoms with Gasteiger partial charge in [-0.2, -0.15) is 10.5 Å². The van der Waals surface area contributed by atoms with Crippen molar-refractivity contribution in [3.63, 3.8) is 0 Å². The van der Waals surface area contributed by atoms with Crippen molar-refractivity contribution in [1.82, 2.24) is 4.90 Å². The number of nitriles is 2. The largest absolute Gasteiger partial charge is 0.383 e.